The normalized spacial score (nSPS) is 16.2. The number of nitrogens with one attached hydrogen (secondary N) is 1. The molecule has 152 valence electrons. The number of rotatable bonds is 11. The zero-order valence-corrected chi connectivity index (χ0v) is 17.0. The molecule has 6 nitrogen and oxygen atoms in total. The minimum Gasteiger partial charge on any atom is -0.370 e. The van der Waals surface area contributed by atoms with Crippen molar-refractivity contribution in [1.82, 2.24) is 15.0 Å². The van der Waals surface area contributed by atoms with E-state index < -0.39 is 0 Å². The molecule has 0 unspecified atom stereocenters. The maximum absolute atomic E-state index is 7.56. The third kappa shape index (κ3) is 5.33. The molecule has 0 aliphatic carbocycles. The predicted molar refractivity (Wildman–Crippen MR) is 112 cm³/mol. The van der Waals surface area contributed by atoms with E-state index in [1.807, 2.05) is 0 Å². The number of nitrogens with two attached hydrogens (primary N) is 1. The van der Waals surface area contributed by atoms with E-state index >= 15 is 0 Å². The van der Waals surface area contributed by atoms with E-state index in [4.69, 9.17) is 15.7 Å². The van der Waals surface area contributed by atoms with Crippen LogP contribution in [0.4, 0.5) is 0 Å². The number of guanidine groups is 1. The fourth-order valence-electron chi connectivity index (χ4n) is 3.70. The summed E-state index contributed by atoms with van der Waals surface area (Å²) < 4.78 is 5.41. The van der Waals surface area contributed by atoms with Crippen molar-refractivity contribution in [3.63, 3.8) is 0 Å². The van der Waals surface area contributed by atoms with Crippen LogP contribution in [-0.4, -0.2) is 27.5 Å². The molecular weight excluding hydrogens is 350 g/mol. The van der Waals surface area contributed by atoms with Gasteiger partial charge in [0.2, 0.25) is 11.7 Å². The molecule has 0 bridgehead atoms. The number of nitrogens with zero attached hydrogens (tertiary/aromatic N) is 3. The summed E-state index contributed by atoms with van der Waals surface area (Å²) in [5.41, 5.74) is 7.89. The van der Waals surface area contributed by atoms with Gasteiger partial charge < -0.3 is 15.2 Å². The summed E-state index contributed by atoms with van der Waals surface area (Å²) >= 11 is 0. The Balaban J connectivity index is 1.43. The lowest BCUT2D eigenvalue weighted by Crippen LogP contribution is -2.48. The molecular formula is C22H33N5O. The Labute approximate surface area is 168 Å². The van der Waals surface area contributed by atoms with Crippen molar-refractivity contribution in [3.8, 4) is 11.4 Å². The topological polar surface area (TPSA) is 92.0 Å². The summed E-state index contributed by atoms with van der Waals surface area (Å²) in [5, 5.41) is 11.7. The molecule has 1 aliphatic rings. The summed E-state index contributed by atoms with van der Waals surface area (Å²) in [6.45, 7) is 3.03. The lowest BCUT2D eigenvalue weighted by atomic mass is 10.0. The largest absolute Gasteiger partial charge is 0.370 e. The highest BCUT2D eigenvalue weighted by Crippen LogP contribution is 2.32. The molecule has 1 saturated heterocycles. The van der Waals surface area contributed by atoms with Gasteiger partial charge in [-0.1, -0.05) is 81.3 Å². The molecule has 0 amide bonds. The van der Waals surface area contributed by atoms with Gasteiger partial charge in [-0.05, 0) is 24.8 Å². The van der Waals surface area contributed by atoms with Gasteiger partial charge in [0.05, 0.1) is 0 Å². The van der Waals surface area contributed by atoms with Crippen LogP contribution in [0.25, 0.3) is 11.4 Å². The van der Waals surface area contributed by atoms with Crippen LogP contribution in [0.15, 0.2) is 28.8 Å². The number of likely N-dealkylation sites (tertiary alicyclic amines) is 1. The second-order valence-electron chi connectivity index (χ2n) is 7.76. The molecule has 3 N–H and O–H groups in total. The minimum atomic E-state index is -0.0556. The molecule has 1 aliphatic heterocycles. The second-order valence-corrected chi connectivity index (χ2v) is 7.76. The highest BCUT2D eigenvalue weighted by atomic mass is 16.5. The van der Waals surface area contributed by atoms with E-state index in [9.17, 15) is 0 Å². The zero-order valence-electron chi connectivity index (χ0n) is 17.0. The molecule has 1 fully saturated rings. The first kappa shape index (κ1) is 20.4. The molecule has 2 heterocycles. The van der Waals surface area contributed by atoms with Crippen molar-refractivity contribution < 1.29 is 4.52 Å². The number of benzene rings is 1. The zero-order chi connectivity index (χ0) is 19.8. The molecule has 0 spiro atoms. The highest BCUT2D eigenvalue weighted by Gasteiger charge is 2.35. The Morgan fingerprint density at radius 1 is 1.11 bits per heavy atom. The van der Waals surface area contributed by atoms with Crippen molar-refractivity contribution in [3.05, 3.63) is 35.7 Å². The second kappa shape index (κ2) is 10.2. The Hall–Kier alpha value is -2.37. The summed E-state index contributed by atoms with van der Waals surface area (Å²) in [5.74, 6) is 1.20. The maximum Gasteiger partial charge on any atom is 0.249 e. The van der Waals surface area contributed by atoms with Gasteiger partial charge in [0.1, 0.15) is 6.04 Å². The molecule has 1 aromatic heterocycles. The summed E-state index contributed by atoms with van der Waals surface area (Å²) in [4.78, 5) is 6.28. The molecule has 0 saturated carbocycles. The van der Waals surface area contributed by atoms with Crippen LogP contribution in [0.5, 0.6) is 0 Å². The van der Waals surface area contributed by atoms with Crippen LogP contribution in [0.3, 0.4) is 0 Å². The number of hydrogen-bond donors (Lipinski definition) is 2. The molecule has 1 atom stereocenters. The fraction of sp³-hybridized carbons (Fsp3) is 0.591. The number of aromatic nitrogens is 2. The van der Waals surface area contributed by atoms with E-state index in [2.05, 4.69) is 41.3 Å². The summed E-state index contributed by atoms with van der Waals surface area (Å²) in [6.07, 6.45) is 12.8. The van der Waals surface area contributed by atoms with E-state index in [1.165, 1.54) is 56.9 Å². The SMILES string of the molecule is CCCCCCCCCCc1ccc(-c2noc([C@H]3CCN3C(=N)N)n2)cc1. The van der Waals surface area contributed by atoms with Crippen LogP contribution in [-0.2, 0) is 6.42 Å². The molecule has 0 radical (unpaired) electrons. The molecule has 6 heteroatoms. The number of hydrogen-bond acceptors (Lipinski definition) is 4. The van der Waals surface area contributed by atoms with Crippen LogP contribution in [0.2, 0.25) is 0 Å². The Morgan fingerprint density at radius 3 is 2.39 bits per heavy atom. The Kier molecular flexibility index (Phi) is 7.46. The smallest absolute Gasteiger partial charge is 0.249 e. The van der Waals surface area contributed by atoms with Crippen molar-refractivity contribution in [2.75, 3.05) is 6.54 Å². The monoisotopic (exact) mass is 383 g/mol. The van der Waals surface area contributed by atoms with E-state index in [1.54, 1.807) is 4.90 Å². The molecule has 1 aromatic carbocycles. The fourth-order valence-corrected chi connectivity index (χ4v) is 3.70. The highest BCUT2D eigenvalue weighted by molar-refractivity contribution is 5.75. The average molecular weight is 384 g/mol. The van der Waals surface area contributed by atoms with Gasteiger partial charge in [-0.3, -0.25) is 5.41 Å². The first-order chi connectivity index (χ1) is 13.7. The van der Waals surface area contributed by atoms with E-state index in [0.717, 1.165) is 24.9 Å². The van der Waals surface area contributed by atoms with Gasteiger partial charge in [0, 0.05) is 12.1 Å². The van der Waals surface area contributed by atoms with Crippen molar-refractivity contribution >= 4 is 5.96 Å². The van der Waals surface area contributed by atoms with Crippen LogP contribution < -0.4 is 5.73 Å². The summed E-state index contributed by atoms with van der Waals surface area (Å²) in [6, 6.07) is 8.41. The Morgan fingerprint density at radius 2 is 1.79 bits per heavy atom. The van der Waals surface area contributed by atoms with Gasteiger partial charge in [0.15, 0.2) is 5.96 Å². The van der Waals surface area contributed by atoms with Crippen molar-refractivity contribution in [2.24, 2.45) is 5.73 Å². The first-order valence-corrected chi connectivity index (χ1v) is 10.7. The lowest BCUT2D eigenvalue weighted by Gasteiger charge is -2.38. The average Bonchev–Trinajstić information content (AvgIpc) is 3.12. The number of unbranched alkanes of at least 4 members (excludes halogenated alkanes) is 7. The lowest BCUT2D eigenvalue weighted by molar-refractivity contribution is 0.141. The van der Waals surface area contributed by atoms with Gasteiger partial charge in [-0.15, -0.1) is 0 Å². The van der Waals surface area contributed by atoms with E-state index in [0.29, 0.717) is 11.7 Å². The molecule has 3 rings (SSSR count). The van der Waals surface area contributed by atoms with Crippen molar-refractivity contribution in [1.29, 1.82) is 5.41 Å². The Bertz CT molecular complexity index is 740. The van der Waals surface area contributed by atoms with Crippen LogP contribution >= 0.6 is 0 Å². The minimum absolute atomic E-state index is 0.0556. The standard InChI is InChI=1S/C22H33N5O/c1-2-3-4-5-6-7-8-9-10-17-11-13-18(14-12-17)20-25-21(28-26-20)19-15-16-27(19)22(23)24/h11-14,19H,2-10,15-16H2,1H3,(H3,23,24)/t19-/m1/s1. The van der Waals surface area contributed by atoms with Gasteiger partial charge in [-0.25, -0.2) is 0 Å². The van der Waals surface area contributed by atoms with Crippen LogP contribution in [0, 0.1) is 5.41 Å². The third-order valence-electron chi connectivity index (χ3n) is 5.59. The first-order valence-electron chi connectivity index (χ1n) is 10.7. The maximum atomic E-state index is 7.56. The molecule has 28 heavy (non-hydrogen) atoms. The van der Waals surface area contributed by atoms with Crippen molar-refractivity contribution in [2.45, 2.75) is 77.2 Å². The van der Waals surface area contributed by atoms with Gasteiger partial charge in [-0.2, -0.15) is 4.98 Å². The van der Waals surface area contributed by atoms with E-state index in [-0.39, 0.29) is 12.0 Å². The predicted octanol–water partition coefficient (Wildman–Crippen LogP) is 5.06. The third-order valence-corrected chi connectivity index (χ3v) is 5.59. The van der Waals surface area contributed by atoms with Gasteiger partial charge in [0.25, 0.3) is 0 Å². The van der Waals surface area contributed by atoms with Crippen LogP contribution in [0.1, 0.15) is 82.2 Å². The quantitative estimate of drug-likeness (QED) is 0.321. The van der Waals surface area contributed by atoms with Gasteiger partial charge >= 0.3 is 0 Å². The summed E-state index contributed by atoms with van der Waals surface area (Å²) in [7, 11) is 0. The number of aryl methyl sites for hydroxylation is 1. The molecule has 2 aromatic rings.